The fourth-order valence-corrected chi connectivity index (χ4v) is 2.21. The maximum atomic E-state index is 11.7. The molecule has 0 aliphatic rings. The zero-order valence-corrected chi connectivity index (χ0v) is 11.7. The Morgan fingerprint density at radius 1 is 1.36 bits per heavy atom. The Morgan fingerprint density at radius 2 is 1.86 bits per heavy atom. The van der Waals surface area contributed by atoms with Gasteiger partial charge in [0.25, 0.3) is 0 Å². The largest absolute Gasteiger partial charge is 0.216 e. The molecule has 3 nitrogen and oxygen atoms in total. The molecule has 86 valence electrons. The van der Waals surface area contributed by atoms with E-state index in [-0.39, 0.29) is 6.04 Å². The summed E-state index contributed by atoms with van der Waals surface area (Å²) in [7, 11) is -3.19. The second-order valence-corrected chi connectivity index (χ2v) is 7.73. The molecule has 0 aliphatic carbocycles. The Bertz CT molecular complexity index is 256. The van der Waals surface area contributed by atoms with E-state index in [1.54, 1.807) is 20.8 Å². The highest BCUT2D eigenvalue weighted by atomic mass is 79.9. The highest BCUT2D eigenvalue weighted by Crippen LogP contribution is 2.14. The van der Waals surface area contributed by atoms with Gasteiger partial charge in [0.15, 0.2) is 0 Å². The first-order chi connectivity index (χ1) is 6.20. The van der Waals surface area contributed by atoms with Gasteiger partial charge in [-0.25, -0.2) is 13.1 Å². The van der Waals surface area contributed by atoms with Crippen molar-refractivity contribution in [3.8, 4) is 0 Å². The molecule has 0 saturated heterocycles. The van der Waals surface area contributed by atoms with E-state index < -0.39 is 14.8 Å². The minimum Gasteiger partial charge on any atom is -0.212 e. The van der Waals surface area contributed by atoms with Gasteiger partial charge in [-0.05, 0) is 40.5 Å². The summed E-state index contributed by atoms with van der Waals surface area (Å²) in [6.07, 6.45) is 1.84. The average molecular weight is 286 g/mol. The lowest BCUT2D eigenvalue weighted by Crippen LogP contribution is -2.43. The molecule has 0 heterocycles. The molecule has 0 aliphatic heterocycles. The van der Waals surface area contributed by atoms with Crippen molar-refractivity contribution in [3.05, 3.63) is 0 Å². The standard InChI is InChI=1S/C9H20BrNO2S/c1-8(6-5-7-10)11-14(12,13)9(2,3)4/h8,11H,5-7H2,1-4H3. The highest BCUT2D eigenvalue weighted by molar-refractivity contribution is 9.09. The van der Waals surface area contributed by atoms with Crippen LogP contribution in [0.15, 0.2) is 0 Å². The van der Waals surface area contributed by atoms with Gasteiger partial charge in [-0.1, -0.05) is 15.9 Å². The van der Waals surface area contributed by atoms with Crippen LogP contribution in [0.1, 0.15) is 40.5 Å². The fraction of sp³-hybridized carbons (Fsp3) is 1.00. The second kappa shape index (κ2) is 5.47. The quantitative estimate of drug-likeness (QED) is 0.788. The predicted octanol–water partition coefficient (Wildman–Crippen LogP) is 2.27. The van der Waals surface area contributed by atoms with E-state index in [9.17, 15) is 8.42 Å². The van der Waals surface area contributed by atoms with Gasteiger partial charge in [-0.15, -0.1) is 0 Å². The topological polar surface area (TPSA) is 46.2 Å². The van der Waals surface area contributed by atoms with Crippen LogP contribution in [0.25, 0.3) is 0 Å². The van der Waals surface area contributed by atoms with Gasteiger partial charge in [0.05, 0.1) is 4.75 Å². The fourth-order valence-electron chi connectivity index (χ4n) is 0.884. The summed E-state index contributed by atoms with van der Waals surface area (Å²) >= 11 is 3.32. The first kappa shape index (κ1) is 14.4. The van der Waals surface area contributed by atoms with Crippen LogP contribution in [-0.4, -0.2) is 24.5 Å². The van der Waals surface area contributed by atoms with Crippen molar-refractivity contribution < 1.29 is 8.42 Å². The molecular formula is C9H20BrNO2S. The summed E-state index contributed by atoms with van der Waals surface area (Å²) in [6.45, 7) is 7.00. The van der Waals surface area contributed by atoms with Crippen LogP contribution in [-0.2, 0) is 10.0 Å². The summed E-state index contributed by atoms with van der Waals surface area (Å²) in [6, 6.07) is 0.0109. The van der Waals surface area contributed by atoms with Crippen LogP contribution in [0.2, 0.25) is 0 Å². The Morgan fingerprint density at radius 3 is 2.21 bits per heavy atom. The van der Waals surface area contributed by atoms with Crippen LogP contribution in [0.4, 0.5) is 0 Å². The van der Waals surface area contributed by atoms with E-state index in [0.717, 1.165) is 18.2 Å². The van der Waals surface area contributed by atoms with Crippen molar-refractivity contribution in [1.29, 1.82) is 0 Å². The van der Waals surface area contributed by atoms with E-state index in [2.05, 4.69) is 20.7 Å². The minimum absolute atomic E-state index is 0.0109. The first-order valence-electron chi connectivity index (χ1n) is 4.78. The van der Waals surface area contributed by atoms with E-state index in [0.29, 0.717) is 0 Å². The van der Waals surface area contributed by atoms with Crippen molar-refractivity contribution in [2.24, 2.45) is 0 Å². The summed E-state index contributed by atoms with van der Waals surface area (Å²) < 4.78 is 25.4. The first-order valence-corrected chi connectivity index (χ1v) is 7.39. The van der Waals surface area contributed by atoms with Crippen molar-refractivity contribution >= 4 is 26.0 Å². The molecule has 0 aromatic rings. The molecule has 0 bridgehead atoms. The molecule has 1 atom stereocenters. The van der Waals surface area contributed by atoms with Crippen LogP contribution in [0.3, 0.4) is 0 Å². The van der Waals surface area contributed by atoms with Gasteiger partial charge < -0.3 is 0 Å². The maximum Gasteiger partial charge on any atom is 0.216 e. The third-order valence-corrected chi connectivity index (χ3v) is 4.82. The normalized spacial score (nSPS) is 15.5. The smallest absolute Gasteiger partial charge is 0.212 e. The molecule has 0 aromatic heterocycles. The summed E-state index contributed by atoms with van der Waals surface area (Å²) in [5.41, 5.74) is 0. The van der Waals surface area contributed by atoms with Crippen molar-refractivity contribution in [1.82, 2.24) is 4.72 Å². The predicted molar refractivity (Wildman–Crippen MR) is 64.3 cm³/mol. The number of hydrogen-bond acceptors (Lipinski definition) is 2. The van der Waals surface area contributed by atoms with Crippen LogP contribution < -0.4 is 4.72 Å². The van der Waals surface area contributed by atoms with Crippen LogP contribution in [0, 0.1) is 0 Å². The monoisotopic (exact) mass is 285 g/mol. The van der Waals surface area contributed by atoms with Crippen molar-refractivity contribution in [2.75, 3.05) is 5.33 Å². The van der Waals surface area contributed by atoms with Crippen molar-refractivity contribution in [3.63, 3.8) is 0 Å². The van der Waals surface area contributed by atoms with E-state index in [1.807, 2.05) is 6.92 Å². The van der Waals surface area contributed by atoms with Crippen LogP contribution >= 0.6 is 15.9 Å². The summed E-state index contributed by atoms with van der Waals surface area (Å²) in [5.74, 6) is 0. The second-order valence-electron chi connectivity index (χ2n) is 4.47. The number of rotatable bonds is 5. The molecule has 1 N–H and O–H groups in total. The van der Waals surface area contributed by atoms with Crippen molar-refractivity contribution in [2.45, 2.75) is 51.3 Å². The molecule has 0 aromatic carbocycles. The molecule has 0 amide bonds. The number of alkyl halides is 1. The van der Waals surface area contributed by atoms with Gasteiger partial charge in [0.1, 0.15) is 0 Å². The average Bonchev–Trinajstić information content (AvgIpc) is 1.97. The zero-order valence-electron chi connectivity index (χ0n) is 9.30. The van der Waals surface area contributed by atoms with E-state index >= 15 is 0 Å². The lowest BCUT2D eigenvalue weighted by atomic mass is 10.2. The maximum absolute atomic E-state index is 11.7. The van der Waals surface area contributed by atoms with Gasteiger partial charge in [0.2, 0.25) is 10.0 Å². The zero-order chi connectivity index (χ0) is 11.4. The molecule has 0 radical (unpaired) electrons. The third-order valence-electron chi connectivity index (χ3n) is 1.93. The number of sulfonamides is 1. The SMILES string of the molecule is CC(CCCBr)NS(=O)(=O)C(C)(C)C. The van der Waals surface area contributed by atoms with E-state index in [1.165, 1.54) is 0 Å². The molecular weight excluding hydrogens is 266 g/mol. The Hall–Kier alpha value is 0.390. The van der Waals surface area contributed by atoms with E-state index in [4.69, 9.17) is 0 Å². The molecule has 0 spiro atoms. The van der Waals surface area contributed by atoms with Crippen LogP contribution in [0.5, 0.6) is 0 Å². The highest BCUT2D eigenvalue weighted by Gasteiger charge is 2.29. The molecule has 0 saturated carbocycles. The number of nitrogens with one attached hydrogen (secondary N) is 1. The molecule has 1 unspecified atom stereocenters. The molecule has 14 heavy (non-hydrogen) atoms. The number of hydrogen-bond donors (Lipinski definition) is 1. The summed E-state index contributed by atoms with van der Waals surface area (Å²) in [4.78, 5) is 0. The Labute approximate surface area is 95.8 Å². The van der Waals surface area contributed by atoms with Gasteiger partial charge in [0, 0.05) is 11.4 Å². The third kappa shape index (κ3) is 4.75. The lowest BCUT2D eigenvalue weighted by Gasteiger charge is -2.23. The minimum atomic E-state index is -3.19. The lowest BCUT2D eigenvalue weighted by molar-refractivity contribution is 0.516. The Kier molecular flexibility index (Phi) is 5.62. The van der Waals surface area contributed by atoms with Gasteiger partial charge in [-0.2, -0.15) is 0 Å². The van der Waals surface area contributed by atoms with Gasteiger partial charge in [-0.3, -0.25) is 0 Å². The summed E-state index contributed by atoms with van der Waals surface area (Å²) in [5, 5.41) is 0.911. The molecule has 0 fully saturated rings. The van der Waals surface area contributed by atoms with Gasteiger partial charge >= 0.3 is 0 Å². The molecule has 0 rings (SSSR count). The molecule has 5 heteroatoms. The number of halogens is 1. The Balaban J connectivity index is 4.24.